The number of anilines is 2. The van der Waals surface area contributed by atoms with Crippen LogP contribution in [0.25, 0.3) is 0 Å². The average Bonchev–Trinajstić information content (AvgIpc) is 2.37. The summed E-state index contributed by atoms with van der Waals surface area (Å²) in [6, 6.07) is 5.52. The Balaban J connectivity index is 2.53. The highest BCUT2D eigenvalue weighted by molar-refractivity contribution is 6.34. The molecule has 0 atom stereocenters. The Hall–Kier alpha value is -1.26. The lowest BCUT2D eigenvalue weighted by Gasteiger charge is -2.27. The summed E-state index contributed by atoms with van der Waals surface area (Å²) in [7, 11) is 0. The van der Waals surface area contributed by atoms with Gasteiger partial charge in [0.05, 0.1) is 10.7 Å². The van der Waals surface area contributed by atoms with Crippen molar-refractivity contribution in [2.75, 3.05) is 24.1 Å². The zero-order chi connectivity index (χ0) is 16.0. The van der Waals surface area contributed by atoms with Crippen molar-refractivity contribution in [3.8, 4) is 0 Å². The minimum atomic E-state index is -0.0314. The maximum Gasteiger partial charge on any atom is 0.225 e. The number of benzene rings is 1. The molecule has 0 radical (unpaired) electrons. The number of nitrogen functional groups attached to an aromatic ring is 1. The Morgan fingerprint density at radius 3 is 2.52 bits per heavy atom. The van der Waals surface area contributed by atoms with Crippen molar-refractivity contribution in [1.29, 1.82) is 0 Å². The van der Waals surface area contributed by atoms with Gasteiger partial charge in [-0.2, -0.15) is 0 Å². The summed E-state index contributed by atoms with van der Waals surface area (Å²) < 4.78 is 0. The Bertz CT molecular complexity index is 475. The second-order valence-corrected chi connectivity index (χ2v) is 6.43. The Labute approximate surface area is 132 Å². The van der Waals surface area contributed by atoms with Crippen molar-refractivity contribution >= 4 is 28.9 Å². The molecule has 0 spiro atoms. The molecule has 0 fully saturated rings. The van der Waals surface area contributed by atoms with E-state index in [-0.39, 0.29) is 5.91 Å². The highest BCUT2D eigenvalue weighted by atomic mass is 35.5. The van der Waals surface area contributed by atoms with Gasteiger partial charge in [-0.3, -0.25) is 4.79 Å². The molecule has 4 nitrogen and oxygen atoms in total. The maximum atomic E-state index is 12.0. The van der Waals surface area contributed by atoms with E-state index in [0.717, 1.165) is 13.1 Å². The van der Waals surface area contributed by atoms with Gasteiger partial charge in [0.2, 0.25) is 5.91 Å². The first-order valence-corrected chi connectivity index (χ1v) is 7.76. The highest BCUT2D eigenvalue weighted by Gasteiger charge is 2.13. The van der Waals surface area contributed by atoms with E-state index in [0.29, 0.717) is 34.8 Å². The van der Waals surface area contributed by atoms with E-state index in [1.54, 1.807) is 18.2 Å². The molecule has 118 valence electrons. The average molecular weight is 312 g/mol. The van der Waals surface area contributed by atoms with Crippen LogP contribution in [0.1, 0.15) is 34.1 Å². The van der Waals surface area contributed by atoms with Crippen molar-refractivity contribution in [2.24, 2.45) is 5.92 Å². The molecule has 0 saturated heterocycles. The molecule has 5 heteroatoms. The van der Waals surface area contributed by atoms with Crippen LogP contribution >= 0.6 is 11.6 Å². The van der Waals surface area contributed by atoms with Crippen molar-refractivity contribution in [3.63, 3.8) is 0 Å². The first-order chi connectivity index (χ1) is 9.79. The second-order valence-electron chi connectivity index (χ2n) is 6.02. The first kappa shape index (κ1) is 17.8. The predicted molar refractivity (Wildman–Crippen MR) is 90.7 cm³/mol. The standard InChI is InChI=1S/C16H26ClN3O/c1-11(2)10-20(12(3)4)8-7-16(21)19-15-6-5-13(18)9-14(15)17/h5-6,9,11-12H,7-8,10,18H2,1-4H3,(H,19,21). The van der Waals surface area contributed by atoms with Gasteiger partial charge in [-0.15, -0.1) is 0 Å². The van der Waals surface area contributed by atoms with E-state index in [2.05, 4.69) is 37.9 Å². The fourth-order valence-corrected chi connectivity index (χ4v) is 2.36. The van der Waals surface area contributed by atoms with Gasteiger partial charge in [0.15, 0.2) is 0 Å². The van der Waals surface area contributed by atoms with Crippen LogP contribution in [-0.2, 0) is 4.79 Å². The van der Waals surface area contributed by atoms with Gasteiger partial charge >= 0.3 is 0 Å². The number of rotatable bonds is 7. The third-order valence-electron chi connectivity index (χ3n) is 3.22. The number of hydrogen-bond donors (Lipinski definition) is 2. The van der Waals surface area contributed by atoms with E-state index < -0.39 is 0 Å². The molecule has 0 aromatic heterocycles. The van der Waals surface area contributed by atoms with Crippen molar-refractivity contribution in [3.05, 3.63) is 23.2 Å². The number of halogens is 1. The molecule has 3 N–H and O–H groups in total. The van der Waals surface area contributed by atoms with Crippen LogP contribution in [0.5, 0.6) is 0 Å². The lowest BCUT2D eigenvalue weighted by Crippen LogP contribution is -2.36. The van der Waals surface area contributed by atoms with Crippen LogP contribution in [0.15, 0.2) is 18.2 Å². The summed E-state index contributed by atoms with van der Waals surface area (Å²) in [5, 5.41) is 3.30. The molecule has 0 aliphatic carbocycles. The monoisotopic (exact) mass is 311 g/mol. The summed E-state index contributed by atoms with van der Waals surface area (Å²) in [4.78, 5) is 14.3. The predicted octanol–water partition coefficient (Wildman–Crippen LogP) is 3.62. The number of carbonyl (C=O) groups is 1. The zero-order valence-electron chi connectivity index (χ0n) is 13.3. The second kappa shape index (κ2) is 8.25. The Morgan fingerprint density at radius 1 is 1.33 bits per heavy atom. The summed E-state index contributed by atoms with van der Waals surface area (Å²) in [5.74, 6) is 0.554. The molecular weight excluding hydrogens is 286 g/mol. The molecule has 1 amide bonds. The smallest absolute Gasteiger partial charge is 0.225 e. The van der Waals surface area contributed by atoms with E-state index >= 15 is 0 Å². The van der Waals surface area contributed by atoms with Gasteiger partial charge < -0.3 is 16.0 Å². The van der Waals surface area contributed by atoms with Crippen molar-refractivity contribution < 1.29 is 4.79 Å². The van der Waals surface area contributed by atoms with Gasteiger partial charge in [-0.25, -0.2) is 0 Å². The SMILES string of the molecule is CC(C)CN(CCC(=O)Nc1ccc(N)cc1Cl)C(C)C. The molecule has 1 rings (SSSR count). The summed E-state index contributed by atoms with van der Waals surface area (Å²) in [6.45, 7) is 10.4. The third-order valence-corrected chi connectivity index (χ3v) is 3.54. The van der Waals surface area contributed by atoms with Crippen LogP contribution in [0.2, 0.25) is 5.02 Å². The number of nitrogens with zero attached hydrogens (tertiary/aromatic N) is 1. The van der Waals surface area contributed by atoms with Crippen LogP contribution < -0.4 is 11.1 Å². The molecule has 1 aromatic rings. The van der Waals surface area contributed by atoms with E-state index in [1.807, 2.05) is 0 Å². The molecule has 0 heterocycles. The number of amides is 1. The minimum absolute atomic E-state index is 0.0314. The van der Waals surface area contributed by atoms with Gasteiger partial charge in [0, 0.05) is 31.2 Å². The van der Waals surface area contributed by atoms with Crippen LogP contribution in [0.3, 0.4) is 0 Å². The minimum Gasteiger partial charge on any atom is -0.399 e. The first-order valence-electron chi connectivity index (χ1n) is 7.38. The molecule has 21 heavy (non-hydrogen) atoms. The van der Waals surface area contributed by atoms with Crippen LogP contribution in [0, 0.1) is 5.92 Å². The molecule has 0 aliphatic rings. The van der Waals surface area contributed by atoms with Gasteiger partial charge in [0.25, 0.3) is 0 Å². The molecule has 0 unspecified atom stereocenters. The Morgan fingerprint density at radius 2 is 2.00 bits per heavy atom. The lowest BCUT2D eigenvalue weighted by atomic mass is 10.1. The number of nitrogens with two attached hydrogens (primary N) is 1. The molecule has 0 saturated carbocycles. The van der Waals surface area contributed by atoms with E-state index in [9.17, 15) is 4.79 Å². The van der Waals surface area contributed by atoms with E-state index in [4.69, 9.17) is 17.3 Å². The summed E-state index contributed by atoms with van der Waals surface area (Å²) in [5.41, 5.74) is 6.82. The quantitative estimate of drug-likeness (QED) is 0.756. The highest BCUT2D eigenvalue weighted by Crippen LogP contribution is 2.24. The third kappa shape index (κ3) is 6.36. The maximum absolute atomic E-state index is 12.0. The van der Waals surface area contributed by atoms with Gasteiger partial charge in [0.1, 0.15) is 0 Å². The van der Waals surface area contributed by atoms with Gasteiger partial charge in [-0.05, 0) is 38.0 Å². The zero-order valence-corrected chi connectivity index (χ0v) is 14.1. The molecule has 0 bridgehead atoms. The summed E-state index contributed by atoms with van der Waals surface area (Å²) >= 11 is 6.05. The van der Waals surface area contributed by atoms with Crippen molar-refractivity contribution in [1.82, 2.24) is 4.90 Å². The summed E-state index contributed by atoms with van der Waals surface area (Å²) in [6.07, 6.45) is 0.450. The largest absolute Gasteiger partial charge is 0.399 e. The Kier molecular flexibility index (Phi) is 6.99. The fraction of sp³-hybridized carbons (Fsp3) is 0.562. The van der Waals surface area contributed by atoms with Crippen LogP contribution in [-0.4, -0.2) is 29.9 Å². The molecule has 1 aromatic carbocycles. The van der Waals surface area contributed by atoms with Crippen molar-refractivity contribution in [2.45, 2.75) is 40.2 Å². The molecular formula is C16H26ClN3O. The lowest BCUT2D eigenvalue weighted by molar-refractivity contribution is -0.116. The normalized spacial score (nSPS) is 11.4. The van der Waals surface area contributed by atoms with E-state index in [1.165, 1.54) is 0 Å². The van der Waals surface area contributed by atoms with Crippen LogP contribution in [0.4, 0.5) is 11.4 Å². The van der Waals surface area contributed by atoms with Gasteiger partial charge in [-0.1, -0.05) is 25.4 Å². The number of hydrogen-bond acceptors (Lipinski definition) is 3. The number of carbonyl (C=O) groups excluding carboxylic acids is 1. The number of nitrogens with one attached hydrogen (secondary N) is 1. The molecule has 0 aliphatic heterocycles. The topological polar surface area (TPSA) is 58.4 Å². The fourth-order valence-electron chi connectivity index (χ4n) is 2.12.